The zero-order valence-electron chi connectivity index (χ0n) is 15.6. The summed E-state index contributed by atoms with van der Waals surface area (Å²) < 4.78 is 27.1. The van der Waals surface area contributed by atoms with Gasteiger partial charge in [-0.3, -0.25) is 0 Å². The van der Waals surface area contributed by atoms with Gasteiger partial charge in [0, 0.05) is 11.6 Å². The molecule has 0 radical (unpaired) electrons. The van der Waals surface area contributed by atoms with Gasteiger partial charge in [0.1, 0.15) is 22.8 Å². The van der Waals surface area contributed by atoms with Crippen LogP contribution in [0.1, 0.15) is 17.0 Å². The molecule has 7 nitrogen and oxygen atoms in total. The van der Waals surface area contributed by atoms with Crippen molar-refractivity contribution in [2.75, 3.05) is 21.3 Å². The highest BCUT2D eigenvalue weighted by Gasteiger charge is 2.46. The van der Waals surface area contributed by atoms with Gasteiger partial charge in [0.25, 0.3) is 0 Å². The molecular formula is C21H18O7. The monoisotopic (exact) mass is 382 g/mol. The Kier molecular flexibility index (Phi) is 4.43. The highest BCUT2D eigenvalue weighted by atomic mass is 16.6. The fraction of sp³-hybridized carbons (Fsp3) is 0.238. The molecule has 0 bridgehead atoms. The molecule has 28 heavy (non-hydrogen) atoms. The fourth-order valence-corrected chi connectivity index (χ4v) is 3.57. The van der Waals surface area contributed by atoms with E-state index in [1.165, 1.54) is 14.2 Å². The number of ether oxygens (including phenoxy) is 4. The maximum absolute atomic E-state index is 12.8. The van der Waals surface area contributed by atoms with Gasteiger partial charge in [0.2, 0.25) is 6.10 Å². The third-order valence-electron chi connectivity index (χ3n) is 4.87. The Morgan fingerprint density at radius 3 is 2.54 bits per heavy atom. The van der Waals surface area contributed by atoms with Crippen LogP contribution in [0.2, 0.25) is 0 Å². The minimum atomic E-state index is -1.05. The Labute approximate surface area is 160 Å². The van der Waals surface area contributed by atoms with Crippen LogP contribution in [0.3, 0.4) is 0 Å². The van der Waals surface area contributed by atoms with E-state index >= 15 is 0 Å². The van der Waals surface area contributed by atoms with Crippen molar-refractivity contribution in [1.82, 2.24) is 0 Å². The highest BCUT2D eigenvalue weighted by molar-refractivity contribution is 5.88. The van der Waals surface area contributed by atoms with Gasteiger partial charge in [0.05, 0.1) is 38.2 Å². The van der Waals surface area contributed by atoms with Gasteiger partial charge in [-0.2, -0.15) is 0 Å². The Morgan fingerprint density at radius 1 is 1.04 bits per heavy atom. The Balaban J connectivity index is 1.99. The second kappa shape index (κ2) is 6.92. The highest BCUT2D eigenvalue weighted by Crippen LogP contribution is 2.47. The van der Waals surface area contributed by atoms with E-state index in [0.29, 0.717) is 33.8 Å². The van der Waals surface area contributed by atoms with Gasteiger partial charge >= 0.3 is 11.6 Å². The number of esters is 1. The molecule has 0 N–H and O–H groups in total. The predicted molar refractivity (Wildman–Crippen MR) is 100 cm³/mol. The van der Waals surface area contributed by atoms with Gasteiger partial charge < -0.3 is 23.4 Å². The van der Waals surface area contributed by atoms with Crippen molar-refractivity contribution in [1.29, 1.82) is 0 Å². The summed E-state index contributed by atoms with van der Waals surface area (Å²) in [6, 6.07) is 12.2. The fourth-order valence-electron chi connectivity index (χ4n) is 3.57. The van der Waals surface area contributed by atoms with Crippen molar-refractivity contribution in [3.05, 3.63) is 64.0 Å². The van der Waals surface area contributed by atoms with E-state index in [1.54, 1.807) is 49.6 Å². The number of fused-ring (bicyclic) bond motifs is 3. The molecule has 0 amide bonds. The standard InChI is InChI=1S/C21H18O7/c1-24-11-8-9-12(15(10-11)25-2)16-17-18(28-19(16)21(23)26-3)13-6-4-5-7-14(13)27-20(17)22/h4-10,16,19H,1-3H3/t16-,19-/m1/s1. The molecule has 3 aromatic rings. The summed E-state index contributed by atoms with van der Waals surface area (Å²) in [5.74, 6) is 0.0269. The van der Waals surface area contributed by atoms with Crippen LogP contribution in [0.15, 0.2) is 51.7 Å². The summed E-state index contributed by atoms with van der Waals surface area (Å²) in [6.45, 7) is 0. The Bertz CT molecular complexity index is 1120. The molecule has 0 unspecified atom stereocenters. The summed E-state index contributed by atoms with van der Waals surface area (Å²) >= 11 is 0. The first-order chi connectivity index (χ1) is 13.6. The second-order valence-electron chi connectivity index (χ2n) is 6.28. The van der Waals surface area contributed by atoms with Crippen LogP contribution in [0.4, 0.5) is 0 Å². The maximum Gasteiger partial charge on any atom is 0.348 e. The van der Waals surface area contributed by atoms with Crippen LogP contribution in [-0.4, -0.2) is 33.4 Å². The molecule has 2 heterocycles. The number of hydrogen-bond acceptors (Lipinski definition) is 7. The van der Waals surface area contributed by atoms with Crippen LogP contribution in [0.25, 0.3) is 11.0 Å². The Hall–Kier alpha value is -3.48. The zero-order chi connectivity index (χ0) is 19.8. The molecule has 1 aliphatic rings. The van der Waals surface area contributed by atoms with E-state index in [9.17, 15) is 9.59 Å². The third kappa shape index (κ3) is 2.67. The van der Waals surface area contributed by atoms with Gasteiger partial charge in [-0.1, -0.05) is 18.2 Å². The van der Waals surface area contributed by atoms with E-state index < -0.39 is 23.6 Å². The maximum atomic E-state index is 12.8. The van der Waals surface area contributed by atoms with Crippen molar-refractivity contribution >= 4 is 16.9 Å². The normalized spacial score (nSPS) is 17.7. The minimum Gasteiger partial charge on any atom is -0.497 e. The first-order valence-corrected chi connectivity index (χ1v) is 8.61. The molecule has 0 spiro atoms. The molecule has 7 heteroatoms. The van der Waals surface area contributed by atoms with Crippen molar-refractivity contribution in [2.24, 2.45) is 0 Å². The summed E-state index contributed by atoms with van der Waals surface area (Å²) in [5.41, 5.74) is 0.679. The number of benzene rings is 2. The summed E-state index contributed by atoms with van der Waals surface area (Å²) in [7, 11) is 4.32. The molecular weight excluding hydrogens is 364 g/mol. The molecule has 2 atom stereocenters. The van der Waals surface area contributed by atoms with Crippen molar-refractivity contribution < 1.29 is 28.2 Å². The molecule has 1 aliphatic heterocycles. The number of carbonyl (C=O) groups excluding carboxylic acids is 1. The molecule has 0 aliphatic carbocycles. The second-order valence-corrected chi connectivity index (χ2v) is 6.28. The lowest BCUT2D eigenvalue weighted by Gasteiger charge is -2.19. The van der Waals surface area contributed by atoms with E-state index in [-0.39, 0.29) is 5.56 Å². The average molecular weight is 382 g/mol. The summed E-state index contributed by atoms with van der Waals surface area (Å²) in [4.78, 5) is 25.3. The van der Waals surface area contributed by atoms with Gasteiger partial charge in [-0.05, 0) is 18.2 Å². The summed E-state index contributed by atoms with van der Waals surface area (Å²) in [6.07, 6.45) is -1.05. The van der Waals surface area contributed by atoms with E-state index in [0.717, 1.165) is 0 Å². The molecule has 0 fully saturated rings. The number of hydrogen-bond donors (Lipinski definition) is 0. The predicted octanol–water partition coefficient (Wildman–Crippen LogP) is 2.88. The molecule has 0 saturated heterocycles. The number of para-hydroxylation sites is 1. The number of rotatable bonds is 4. The molecule has 144 valence electrons. The quantitative estimate of drug-likeness (QED) is 0.507. The number of methoxy groups -OCH3 is 3. The molecule has 0 saturated carbocycles. The van der Waals surface area contributed by atoms with Gasteiger partial charge in [-0.25, -0.2) is 9.59 Å². The first-order valence-electron chi connectivity index (χ1n) is 8.61. The largest absolute Gasteiger partial charge is 0.497 e. The van der Waals surface area contributed by atoms with Crippen molar-refractivity contribution in [2.45, 2.75) is 12.0 Å². The lowest BCUT2D eigenvalue weighted by molar-refractivity contribution is -0.148. The van der Waals surface area contributed by atoms with Crippen LogP contribution in [-0.2, 0) is 9.53 Å². The molecule has 1 aromatic heterocycles. The topological polar surface area (TPSA) is 84.2 Å². The minimum absolute atomic E-state index is 0.262. The van der Waals surface area contributed by atoms with Crippen LogP contribution in [0, 0.1) is 0 Å². The number of carbonyl (C=O) groups is 1. The third-order valence-corrected chi connectivity index (χ3v) is 4.87. The van der Waals surface area contributed by atoms with E-state index in [1.807, 2.05) is 0 Å². The average Bonchev–Trinajstić information content (AvgIpc) is 3.14. The molecule has 2 aromatic carbocycles. The lowest BCUT2D eigenvalue weighted by atomic mass is 9.88. The van der Waals surface area contributed by atoms with Gasteiger partial charge in [0.15, 0.2) is 0 Å². The van der Waals surface area contributed by atoms with Gasteiger partial charge in [-0.15, -0.1) is 0 Å². The van der Waals surface area contributed by atoms with E-state index in [2.05, 4.69) is 0 Å². The SMILES string of the molecule is COC(=O)[C@@H]1Oc2c(c(=O)oc3ccccc23)[C@H]1c1ccc(OC)cc1OC. The van der Waals surface area contributed by atoms with Crippen LogP contribution >= 0.6 is 0 Å². The van der Waals surface area contributed by atoms with Crippen LogP contribution in [0.5, 0.6) is 17.2 Å². The first kappa shape index (κ1) is 17.9. The van der Waals surface area contributed by atoms with Crippen molar-refractivity contribution in [3.63, 3.8) is 0 Å². The van der Waals surface area contributed by atoms with Crippen molar-refractivity contribution in [3.8, 4) is 17.2 Å². The summed E-state index contributed by atoms with van der Waals surface area (Å²) in [5, 5.41) is 0.612. The van der Waals surface area contributed by atoms with E-state index in [4.69, 9.17) is 23.4 Å². The zero-order valence-corrected chi connectivity index (χ0v) is 15.6. The lowest BCUT2D eigenvalue weighted by Crippen LogP contribution is -2.32. The van der Waals surface area contributed by atoms with Crippen LogP contribution < -0.4 is 19.8 Å². The Morgan fingerprint density at radius 2 is 1.82 bits per heavy atom. The molecule has 4 rings (SSSR count). The smallest absolute Gasteiger partial charge is 0.348 e.